The number of nitrogens with zero attached hydrogens (tertiary/aromatic N) is 2. The Bertz CT molecular complexity index is 1540. The average molecular weight is 656 g/mol. The number of aliphatic hydroxyl groups excluding tert-OH is 1. The number of β-amino-alcohol motifs (C(OH)–C–C–N with tert-alkyl or cyclic N) is 1. The van der Waals surface area contributed by atoms with Crippen molar-refractivity contribution in [1.29, 1.82) is 0 Å². The van der Waals surface area contributed by atoms with Gasteiger partial charge in [0.25, 0.3) is 10.1 Å². The van der Waals surface area contributed by atoms with Gasteiger partial charge in [0.05, 0.1) is 11.0 Å². The van der Waals surface area contributed by atoms with E-state index in [4.69, 9.17) is 20.9 Å². The predicted octanol–water partition coefficient (Wildman–Crippen LogP) is 5.43. The molecule has 2 fully saturated rings. The zero-order valence-electron chi connectivity index (χ0n) is 25.6. The van der Waals surface area contributed by atoms with Gasteiger partial charge in [-0.15, -0.1) is 0 Å². The molecule has 0 saturated carbocycles. The molecule has 0 radical (unpaired) electrons. The fourth-order valence-corrected chi connectivity index (χ4v) is 7.26. The van der Waals surface area contributed by atoms with E-state index in [0.717, 1.165) is 61.5 Å². The van der Waals surface area contributed by atoms with E-state index in [9.17, 15) is 18.3 Å². The van der Waals surface area contributed by atoms with Crippen LogP contribution in [0.3, 0.4) is 0 Å². The normalized spacial score (nSPS) is 18.6. The molecule has 0 bridgehead atoms. The molecular formula is C34H42ClN3O6S. The summed E-state index contributed by atoms with van der Waals surface area (Å²) in [6.45, 7) is 6.96. The van der Waals surface area contributed by atoms with Gasteiger partial charge in [0.1, 0.15) is 6.61 Å². The SMILES string of the molecule is Cc1ccc(S(=O)(=O)O)cc1.O=C(OCc1ccccc1)N1CCC([C@H](O)CN2CC3(CCNCC3)c3ccc(Cl)cc32)CC1. The van der Waals surface area contributed by atoms with Crippen molar-refractivity contribution in [3.8, 4) is 0 Å². The molecule has 1 atom stereocenters. The Morgan fingerprint density at radius 3 is 2.36 bits per heavy atom. The number of rotatable bonds is 6. The molecule has 0 unspecified atom stereocenters. The van der Waals surface area contributed by atoms with E-state index < -0.39 is 16.2 Å². The van der Waals surface area contributed by atoms with Gasteiger partial charge >= 0.3 is 6.09 Å². The highest BCUT2D eigenvalue weighted by Gasteiger charge is 2.44. The number of amides is 1. The number of aryl methyl sites for hydroxylation is 1. The third kappa shape index (κ3) is 8.37. The van der Waals surface area contributed by atoms with Crippen LogP contribution in [0, 0.1) is 12.8 Å². The molecule has 3 aromatic rings. The zero-order chi connectivity index (χ0) is 32.0. The van der Waals surface area contributed by atoms with Crippen molar-refractivity contribution in [2.45, 2.75) is 55.6 Å². The van der Waals surface area contributed by atoms with Crippen LogP contribution in [0.5, 0.6) is 0 Å². The smallest absolute Gasteiger partial charge is 0.410 e. The van der Waals surface area contributed by atoms with Gasteiger partial charge in [-0.05, 0) is 87.0 Å². The van der Waals surface area contributed by atoms with Crippen LogP contribution < -0.4 is 10.2 Å². The molecule has 3 heterocycles. The van der Waals surface area contributed by atoms with E-state index in [2.05, 4.69) is 22.3 Å². The Morgan fingerprint density at radius 2 is 1.71 bits per heavy atom. The number of carbonyl (C=O) groups is 1. The lowest BCUT2D eigenvalue weighted by molar-refractivity contribution is 0.0480. The summed E-state index contributed by atoms with van der Waals surface area (Å²) in [5.74, 6) is 0.172. The first-order valence-electron chi connectivity index (χ1n) is 15.5. The summed E-state index contributed by atoms with van der Waals surface area (Å²) in [6.07, 6.45) is 3.08. The van der Waals surface area contributed by atoms with Crippen LogP contribution in [-0.4, -0.2) is 74.4 Å². The molecule has 0 aliphatic carbocycles. The minimum absolute atomic E-state index is 0.0666. The topological polar surface area (TPSA) is 119 Å². The highest BCUT2D eigenvalue weighted by molar-refractivity contribution is 7.85. The van der Waals surface area contributed by atoms with Crippen molar-refractivity contribution in [2.24, 2.45) is 5.92 Å². The number of benzene rings is 3. The first-order chi connectivity index (χ1) is 21.5. The molecule has 3 aliphatic rings. The highest BCUT2D eigenvalue weighted by atomic mass is 35.5. The van der Waals surface area contributed by atoms with E-state index >= 15 is 0 Å². The van der Waals surface area contributed by atoms with Crippen molar-refractivity contribution >= 4 is 33.5 Å². The zero-order valence-corrected chi connectivity index (χ0v) is 27.1. The fourth-order valence-electron chi connectivity index (χ4n) is 6.61. The Balaban J connectivity index is 0.000000309. The van der Waals surface area contributed by atoms with E-state index in [1.54, 1.807) is 17.0 Å². The second-order valence-electron chi connectivity index (χ2n) is 12.3. The molecule has 3 aliphatic heterocycles. The second kappa shape index (κ2) is 14.5. The lowest BCUT2D eigenvalue weighted by Crippen LogP contribution is -2.46. The van der Waals surface area contributed by atoms with Crippen molar-refractivity contribution in [3.05, 3.63) is 94.5 Å². The summed E-state index contributed by atoms with van der Waals surface area (Å²) in [5, 5.41) is 15.4. The predicted molar refractivity (Wildman–Crippen MR) is 175 cm³/mol. The van der Waals surface area contributed by atoms with Gasteiger partial charge in [0.15, 0.2) is 0 Å². The molecule has 3 N–H and O–H groups in total. The van der Waals surface area contributed by atoms with E-state index in [0.29, 0.717) is 19.6 Å². The number of likely N-dealkylation sites (tertiary alicyclic amines) is 1. The molecule has 1 spiro atoms. The quantitative estimate of drug-likeness (QED) is 0.301. The first kappa shape index (κ1) is 33.2. The molecule has 3 aromatic carbocycles. The van der Waals surface area contributed by atoms with Gasteiger partial charge in [-0.2, -0.15) is 8.42 Å². The van der Waals surface area contributed by atoms with Gasteiger partial charge in [-0.3, -0.25) is 4.55 Å². The van der Waals surface area contributed by atoms with Gasteiger partial charge < -0.3 is 25.0 Å². The Hall–Kier alpha value is -3.15. The second-order valence-corrected chi connectivity index (χ2v) is 14.2. The van der Waals surface area contributed by atoms with Crippen LogP contribution in [-0.2, 0) is 26.9 Å². The molecule has 45 heavy (non-hydrogen) atoms. The number of aliphatic hydroxyl groups is 1. The standard InChI is InChI=1S/C27H34ClN3O3.C7H8O3S/c28-22-6-7-23-24(16-22)31(19-27(23)10-12-29-13-11-27)17-25(32)21-8-14-30(15-9-21)26(33)34-18-20-4-2-1-3-5-20;1-6-2-4-7(5-3-6)11(8,9)10/h1-7,16,21,25,29,32H,8-15,17-19H2;2-5H,1H3,(H,8,9,10)/t25-;/m1./s1. The van der Waals surface area contributed by atoms with Gasteiger partial charge in [-0.25, -0.2) is 4.79 Å². The molecule has 6 rings (SSSR count). The summed E-state index contributed by atoms with van der Waals surface area (Å²) in [4.78, 5) is 16.5. The number of carbonyl (C=O) groups excluding carboxylic acids is 1. The van der Waals surface area contributed by atoms with Gasteiger partial charge in [0, 0.05) is 42.3 Å². The van der Waals surface area contributed by atoms with Crippen LogP contribution in [0.25, 0.3) is 0 Å². The highest BCUT2D eigenvalue weighted by Crippen LogP contribution is 2.47. The Morgan fingerprint density at radius 1 is 1.04 bits per heavy atom. The maximum atomic E-state index is 12.5. The van der Waals surface area contributed by atoms with Crippen molar-refractivity contribution < 1.29 is 27.6 Å². The lowest BCUT2D eigenvalue weighted by Gasteiger charge is -2.37. The maximum absolute atomic E-state index is 12.5. The number of piperidine rings is 2. The Labute approximate surface area is 270 Å². The fraction of sp³-hybridized carbons (Fsp3) is 0.441. The molecule has 11 heteroatoms. The van der Waals surface area contributed by atoms with Gasteiger partial charge in [-0.1, -0.05) is 65.7 Å². The van der Waals surface area contributed by atoms with Crippen molar-refractivity contribution in [2.75, 3.05) is 44.2 Å². The largest absolute Gasteiger partial charge is 0.445 e. The molecule has 1 amide bonds. The summed E-state index contributed by atoms with van der Waals surface area (Å²) in [7, 11) is -4.02. The molecular weight excluding hydrogens is 614 g/mol. The Kier molecular flexibility index (Phi) is 10.7. The minimum atomic E-state index is -4.02. The van der Waals surface area contributed by atoms with E-state index in [1.807, 2.05) is 43.3 Å². The first-order valence-corrected chi connectivity index (χ1v) is 17.3. The minimum Gasteiger partial charge on any atom is -0.445 e. The third-order valence-electron chi connectivity index (χ3n) is 9.20. The monoisotopic (exact) mass is 655 g/mol. The number of hydrogen-bond acceptors (Lipinski definition) is 7. The number of anilines is 1. The summed E-state index contributed by atoms with van der Waals surface area (Å²) >= 11 is 6.36. The third-order valence-corrected chi connectivity index (χ3v) is 10.3. The van der Waals surface area contributed by atoms with Crippen molar-refractivity contribution in [1.82, 2.24) is 10.2 Å². The number of hydrogen-bond donors (Lipinski definition) is 3. The maximum Gasteiger partial charge on any atom is 0.410 e. The number of fused-ring (bicyclic) bond motifs is 2. The van der Waals surface area contributed by atoms with E-state index in [-0.39, 0.29) is 28.9 Å². The number of ether oxygens (including phenoxy) is 1. The van der Waals surface area contributed by atoms with Crippen LogP contribution in [0.4, 0.5) is 10.5 Å². The van der Waals surface area contributed by atoms with Crippen molar-refractivity contribution in [3.63, 3.8) is 0 Å². The molecule has 2 saturated heterocycles. The van der Waals surface area contributed by atoms with Crippen LogP contribution in [0.2, 0.25) is 5.02 Å². The number of nitrogens with one attached hydrogen (secondary N) is 1. The lowest BCUT2D eigenvalue weighted by atomic mass is 9.75. The van der Waals surface area contributed by atoms with Crippen LogP contribution in [0.15, 0.2) is 77.7 Å². The molecule has 242 valence electrons. The average Bonchev–Trinajstić information content (AvgIpc) is 3.31. The van der Waals surface area contributed by atoms with Crippen LogP contribution >= 0.6 is 11.6 Å². The van der Waals surface area contributed by atoms with E-state index in [1.165, 1.54) is 23.4 Å². The summed E-state index contributed by atoms with van der Waals surface area (Å²) in [5.41, 5.74) is 4.64. The molecule has 9 nitrogen and oxygen atoms in total. The summed E-state index contributed by atoms with van der Waals surface area (Å²) in [6, 6.07) is 22.0. The summed E-state index contributed by atoms with van der Waals surface area (Å²) < 4.78 is 35.0. The number of halogens is 1. The molecule has 0 aromatic heterocycles. The van der Waals surface area contributed by atoms with Gasteiger partial charge in [0.2, 0.25) is 0 Å². The van der Waals surface area contributed by atoms with Crippen LogP contribution in [0.1, 0.15) is 42.4 Å².